The predicted molar refractivity (Wildman–Crippen MR) is 70.7 cm³/mol. The Morgan fingerprint density at radius 3 is 2.65 bits per heavy atom. The molecule has 1 aromatic rings. The predicted octanol–water partition coefficient (Wildman–Crippen LogP) is 1.61. The van der Waals surface area contributed by atoms with Crippen LogP contribution in [0.4, 0.5) is 0 Å². The van der Waals surface area contributed by atoms with Gasteiger partial charge in [0.25, 0.3) is 10.0 Å². The van der Waals surface area contributed by atoms with E-state index in [1.807, 2.05) is 0 Å². The molecule has 0 aliphatic carbocycles. The fourth-order valence-electron chi connectivity index (χ4n) is 1.50. The van der Waals surface area contributed by atoms with Gasteiger partial charge in [0.2, 0.25) is 0 Å². The van der Waals surface area contributed by atoms with E-state index in [1.54, 1.807) is 14.1 Å². The molecule has 0 saturated heterocycles. The number of hydrogen-bond acceptors (Lipinski definition) is 3. The Bertz CT molecular complexity index is 444. The molecule has 0 N–H and O–H groups in total. The maximum Gasteiger partial charge on any atom is 0.259 e. The largest absolute Gasteiger partial charge is 0.259 e. The molecule has 98 valence electrons. The lowest BCUT2D eigenvalue weighted by Crippen LogP contribution is -2.29. The van der Waals surface area contributed by atoms with Gasteiger partial charge in [-0.05, 0) is 18.9 Å². The molecule has 0 bridgehead atoms. The number of rotatable bonds is 7. The van der Waals surface area contributed by atoms with Crippen molar-refractivity contribution >= 4 is 26.0 Å². The molecule has 0 radical (unpaired) electrons. The van der Waals surface area contributed by atoms with E-state index in [1.165, 1.54) is 21.3 Å². The Morgan fingerprint density at radius 2 is 2.12 bits per heavy atom. The van der Waals surface area contributed by atoms with Gasteiger partial charge < -0.3 is 0 Å². The Morgan fingerprint density at radius 1 is 1.41 bits per heavy atom. The van der Waals surface area contributed by atoms with E-state index < -0.39 is 10.0 Å². The zero-order valence-corrected chi connectivity index (χ0v) is 12.5. The fourth-order valence-corrected chi connectivity index (χ4v) is 3.20. The first-order chi connectivity index (χ1) is 8.00. The highest BCUT2D eigenvalue weighted by Gasteiger charge is 2.23. The lowest BCUT2D eigenvalue weighted by Gasteiger charge is -2.16. The number of nitrogens with zero attached hydrogens (tertiary/aromatic N) is 3. The third-order valence-electron chi connectivity index (χ3n) is 2.56. The first-order valence-electron chi connectivity index (χ1n) is 5.50. The van der Waals surface area contributed by atoms with E-state index in [9.17, 15) is 8.42 Å². The van der Waals surface area contributed by atoms with Gasteiger partial charge in [0.05, 0.1) is 6.20 Å². The van der Waals surface area contributed by atoms with Crippen LogP contribution in [-0.4, -0.2) is 41.4 Å². The fraction of sp³-hybridized carbons (Fsp3) is 0.700. The normalized spacial score (nSPS) is 12.2. The monoisotopic (exact) mass is 323 g/mol. The summed E-state index contributed by atoms with van der Waals surface area (Å²) in [5.41, 5.74) is 0. The number of alkyl halides is 1. The van der Waals surface area contributed by atoms with Crippen LogP contribution in [0.2, 0.25) is 0 Å². The first-order valence-corrected chi connectivity index (χ1v) is 8.06. The molecule has 1 heterocycles. The van der Waals surface area contributed by atoms with E-state index in [-0.39, 0.29) is 5.03 Å². The molecule has 0 saturated carbocycles. The second kappa shape index (κ2) is 6.51. The third-order valence-corrected chi connectivity index (χ3v) is 5.05. The van der Waals surface area contributed by atoms with E-state index >= 15 is 0 Å². The standard InChI is InChI=1S/C10H18BrN3O2S/c1-13(9-5-3-4-7-11)17(15,16)10-6-8-12-14(10)2/h6,8H,3-5,7,9H2,1-2H3. The van der Waals surface area contributed by atoms with Gasteiger partial charge in [-0.3, -0.25) is 4.68 Å². The van der Waals surface area contributed by atoms with Crippen molar-refractivity contribution in [3.05, 3.63) is 12.3 Å². The molecule has 7 heteroatoms. The molecule has 0 unspecified atom stereocenters. The highest BCUT2D eigenvalue weighted by molar-refractivity contribution is 9.09. The Kier molecular flexibility index (Phi) is 5.61. The molecule has 0 fully saturated rings. The lowest BCUT2D eigenvalue weighted by molar-refractivity contribution is 0.447. The van der Waals surface area contributed by atoms with Crippen molar-refractivity contribution in [1.29, 1.82) is 0 Å². The van der Waals surface area contributed by atoms with Crippen LogP contribution in [0.15, 0.2) is 17.3 Å². The maximum absolute atomic E-state index is 12.1. The number of hydrogen-bond donors (Lipinski definition) is 0. The van der Waals surface area contributed by atoms with E-state index in [4.69, 9.17) is 0 Å². The molecule has 0 amide bonds. The van der Waals surface area contributed by atoms with Crippen molar-refractivity contribution in [2.75, 3.05) is 18.9 Å². The number of unbranched alkanes of at least 4 members (excludes halogenated alkanes) is 2. The van der Waals surface area contributed by atoms with Gasteiger partial charge >= 0.3 is 0 Å². The SMILES string of the molecule is CN(CCCCCBr)S(=O)(=O)c1ccnn1C. The van der Waals surface area contributed by atoms with Crippen LogP contribution in [0.5, 0.6) is 0 Å². The molecule has 1 rings (SSSR count). The minimum Gasteiger partial charge on any atom is -0.256 e. The van der Waals surface area contributed by atoms with Crippen molar-refractivity contribution in [3.63, 3.8) is 0 Å². The molecule has 1 aromatic heterocycles. The van der Waals surface area contributed by atoms with Crippen LogP contribution in [0.3, 0.4) is 0 Å². The van der Waals surface area contributed by atoms with Gasteiger partial charge in [-0.1, -0.05) is 22.4 Å². The average Bonchev–Trinajstić information content (AvgIpc) is 2.71. The summed E-state index contributed by atoms with van der Waals surface area (Å²) in [5, 5.41) is 5.08. The van der Waals surface area contributed by atoms with Crippen molar-refractivity contribution in [2.24, 2.45) is 7.05 Å². The zero-order chi connectivity index (χ0) is 12.9. The second-order valence-electron chi connectivity index (χ2n) is 3.87. The van der Waals surface area contributed by atoms with Crippen molar-refractivity contribution in [1.82, 2.24) is 14.1 Å². The molecule has 0 spiro atoms. The number of aryl methyl sites for hydroxylation is 1. The topological polar surface area (TPSA) is 55.2 Å². The highest BCUT2D eigenvalue weighted by atomic mass is 79.9. The summed E-state index contributed by atoms with van der Waals surface area (Å²) in [6.45, 7) is 0.542. The molecular weight excluding hydrogens is 306 g/mol. The van der Waals surface area contributed by atoms with Gasteiger partial charge in [0.1, 0.15) is 0 Å². The Hall–Kier alpha value is -0.400. The number of halogens is 1. The van der Waals surface area contributed by atoms with Gasteiger partial charge in [-0.2, -0.15) is 9.40 Å². The van der Waals surface area contributed by atoms with Crippen LogP contribution < -0.4 is 0 Å². The van der Waals surface area contributed by atoms with Crippen LogP contribution in [0.1, 0.15) is 19.3 Å². The average molecular weight is 324 g/mol. The molecule has 5 nitrogen and oxygen atoms in total. The Balaban J connectivity index is 2.62. The summed E-state index contributed by atoms with van der Waals surface area (Å²) in [6, 6.07) is 1.52. The third kappa shape index (κ3) is 3.79. The van der Waals surface area contributed by atoms with Gasteiger partial charge in [0, 0.05) is 26.0 Å². The van der Waals surface area contributed by atoms with Crippen molar-refractivity contribution < 1.29 is 8.42 Å². The number of aromatic nitrogens is 2. The van der Waals surface area contributed by atoms with Gasteiger partial charge in [0.15, 0.2) is 5.03 Å². The maximum atomic E-state index is 12.1. The first kappa shape index (κ1) is 14.7. The van der Waals surface area contributed by atoms with Crippen LogP contribution in [-0.2, 0) is 17.1 Å². The molecule has 0 aromatic carbocycles. The minimum atomic E-state index is -3.39. The number of sulfonamides is 1. The minimum absolute atomic E-state index is 0.237. The molecule has 0 atom stereocenters. The molecular formula is C10H18BrN3O2S. The van der Waals surface area contributed by atoms with Gasteiger partial charge in [-0.15, -0.1) is 0 Å². The van der Waals surface area contributed by atoms with E-state index in [2.05, 4.69) is 21.0 Å². The van der Waals surface area contributed by atoms with E-state index in [0.717, 1.165) is 24.6 Å². The zero-order valence-electron chi connectivity index (χ0n) is 10.1. The molecule has 0 aliphatic heterocycles. The molecule has 0 aliphatic rings. The Labute approximate surface area is 111 Å². The summed E-state index contributed by atoms with van der Waals surface area (Å²) in [5.74, 6) is 0. The van der Waals surface area contributed by atoms with Crippen molar-refractivity contribution in [2.45, 2.75) is 24.3 Å². The summed E-state index contributed by atoms with van der Waals surface area (Å²) in [4.78, 5) is 0. The quantitative estimate of drug-likeness (QED) is 0.565. The summed E-state index contributed by atoms with van der Waals surface area (Å²) >= 11 is 3.35. The summed E-state index contributed by atoms with van der Waals surface area (Å²) < 4.78 is 27.0. The smallest absolute Gasteiger partial charge is 0.256 e. The van der Waals surface area contributed by atoms with Crippen LogP contribution in [0.25, 0.3) is 0 Å². The van der Waals surface area contributed by atoms with Crippen molar-refractivity contribution in [3.8, 4) is 0 Å². The van der Waals surface area contributed by atoms with Crippen LogP contribution in [0, 0.1) is 0 Å². The second-order valence-corrected chi connectivity index (χ2v) is 6.65. The lowest BCUT2D eigenvalue weighted by atomic mass is 10.2. The van der Waals surface area contributed by atoms with Gasteiger partial charge in [-0.25, -0.2) is 8.42 Å². The summed E-state index contributed by atoms with van der Waals surface area (Å²) in [7, 11) is -0.153. The van der Waals surface area contributed by atoms with E-state index in [0.29, 0.717) is 6.54 Å². The summed E-state index contributed by atoms with van der Waals surface area (Å²) in [6.07, 6.45) is 4.46. The molecule has 17 heavy (non-hydrogen) atoms. The highest BCUT2D eigenvalue weighted by Crippen LogP contribution is 2.13. The van der Waals surface area contributed by atoms with Crippen LogP contribution >= 0.6 is 15.9 Å².